The predicted octanol–water partition coefficient (Wildman–Crippen LogP) is 1.75. The number of pyridine rings is 1. The minimum Gasteiger partial charge on any atom is -0.507 e. The summed E-state index contributed by atoms with van der Waals surface area (Å²) in [5, 5.41) is 10.1. The molecule has 0 spiro atoms. The van der Waals surface area contributed by atoms with Gasteiger partial charge in [0, 0.05) is 11.6 Å². The molecule has 1 saturated heterocycles. The van der Waals surface area contributed by atoms with Crippen LogP contribution < -0.4 is 14.8 Å². The van der Waals surface area contributed by atoms with Crippen LogP contribution in [0.4, 0.5) is 19.0 Å². The van der Waals surface area contributed by atoms with Crippen molar-refractivity contribution in [2.45, 2.75) is 26.6 Å². The van der Waals surface area contributed by atoms with Crippen LogP contribution in [0.25, 0.3) is 0 Å². The van der Waals surface area contributed by atoms with Crippen molar-refractivity contribution >= 4 is 5.82 Å². The molecule has 140 valence electrons. The molecule has 2 aromatic rings. The second-order valence-corrected chi connectivity index (χ2v) is 6.94. The van der Waals surface area contributed by atoms with Crippen LogP contribution in [0.5, 0.6) is 5.75 Å². The van der Waals surface area contributed by atoms with Crippen LogP contribution in [0.15, 0.2) is 30.5 Å². The van der Waals surface area contributed by atoms with Gasteiger partial charge >= 0.3 is 6.18 Å². The molecule has 1 aliphatic heterocycles. The fraction of sp³-hybridized carbons (Fsp3) is 0.421. The molecular formula is C19H24F3N3O+2. The van der Waals surface area contributed by atoms with E-state index in [0.717, 1.165) is 61.7 Å². The maximum absolute atomic E-state index is 12.6. The normalized spacial score (nSPS) is 16.1. The zero-order chi connectivity index (χ0) is 18.9. The number of nitrogens with one attached hydrogen (secondary N) is 2. The lowest BCUT2D eigenvalue weighted by Gasteiger charge is -2.28. The SMILES string of the molecule is Cc1cc(O)c(C[NH+]2CCN(c3ccc(C(F)(F)F)c[nH+]3)CC2)cc1C. The number of quaternary nitrogens is 1. The first kappa shape index (κ1) is 18.5. The number of aromatic hydroxyl groups is 1. The first-order chi connectivity index (χ1) is 12.2. The van der Waals surface area contributed by atoms with E-state index in [9.17, 15) is 18.3 Å². The Balaban J connectivity index is 1.60. The zero-order valence-corrected chi connectivity index (χ0v) is 15.0. The Kier molecular flexibility index (Phi) is 5.09. The lowest BCUT2D eigenvalue weighted by Crippen LogP contribution is -3.13. The number of nitrogens with zero attached hydrogens (tertiary/aromatic N) is 1. The number of phenols is 1. The summed E-state index contributed by atoms with van der Waals surface area (Å²) in [6, 6.07) is 6.44. The van der Waals surface area contributed by atoms with Crippen LogP contribution >= 0.6 is 0 Å². The highest BCUT2D eigenvalue weighted by molar-refractivity contribution is 5.40. The van der Waals surface area contributed by atoms with Crippen molar-refractivity contribution in [3.05, 3.63) is 52.7 Å². The van der Waals surface area contributed by atoms with Gasteiger partial charge in [-0.2, -0.15) is 13.2 Å². The number of H-pyrrole nitrogens is 1. The summed E-state index contributed by atoms with van der Waals surface area (Å²) in [6.07, 6.45) is -3.31. The second-order valence-electron chi connectivity index (χ2n) is 6.94. The van der Waals surface area contributed by atoms with Gasteiger partial charge in [0.2, 0.25) is 0 Å². The Labute approximate surface area is 150 Å². The van der Waals surface area contributed by atoms with Crippen LogP contribution in [0.3, 0.4) is 0 Å². The van der Waals surface area contributed by atoms with Gasteiger partial charge in [0.25, 0.3) is 5.82 Å². The van der Waals surface area contributed by atoms with Crippen molar-refractivity contribution in [1.29, 1.82) is 0 Å². The first-order valence-corrected chi connectivity index (χ1v) is 8.70. The molecule has 0 amide bonds. The van der Waals surface area contributed by atoms with Crippen LogP contribution in [-0.2, 0) is 12.7 Å². The third-order valence-electron chi connectivity index (χ3n) is 5.07. The molecule has 2 heterocycles. The highest BCUT2D eigenvalue weighted by Crippen LogP contribution is 2.28. The van der Waals surface area contributed by atoms with Crippen LogP contribution in [0.2, 0.25) is 0 Å². The van der Waals surface area contributed by atoms with Crippen molar-refractivity contribution in [2.75, 3.05) is 31.1 Å². The summed E-state index contributed by atoms with van der Waals surface area (Å²) in [5.74, 6) is 1.03. The summed E-state index contributed by atoms with van der Waals surface area (Å²) >= 11 is 0. The molecule has 7 heteroatoms. The van der Waals surface area contributed by atoms with E-state index in [-0.39, 0.29) is 0 Å². The molecular weight excluding hydrogens is 343 g/mol. The standard InChI is InChI=1S/C19H22F3N3O/c1-13-9-15(17(26)10-14(13)2)12-24-5-7-25(8-6-24)18-4-3-16(11-23-18)19(20,21)22/h3-4,9-11,26H,5-8,12H2,1-2H3/p+2. The molecule has 3 rings (SSSR count). The number of aryl methyl sites for hydroxylation is 2. The van der Waals surface area contributed by atoms with Gasteiger partial charge in [-0.3, -0.25) is 4.90 Å². The van der Waals surface area contributed by atoms with Crippen LogP contribution in [0, 0.1) is 13.8 Å². The number of anilines is 1. The number of alkyl halides is 3. The largest absolute Gasteiger partial charge is 0.507 e. The zero-order valence-electron chi connectivity index (χ0n) is 15.0. The molecule has 0 aliphatic carbocycles. The molecule has 26 heavy (non-hydrogen) atoms. The number of hydrogen-bond donors (Lipinski definition) is 2. The topological polar surface area (TPSA) is 42.1 Å². The van der Waals surface area contributed by atoms with Gasteiger partial charge < -0.3 is 10.0 Å². The molecule has 4 nitrogen and oxygen atoms in total. The number of piperazine rings is 1. The first-order valence-electron chi connectivity index (χ1n) is 8.70. The van der Waals surface area contributed by atoms with Crippen molar-refractivity contribution in [1.82, 2.24) is 0 Å². The number of halogens is 3. The van der Waals surface area contributed by atoms with Gasteiger partial charge in [0.1, 0.15) is 44.7 Å². The van der Waals surface area contributed by atoms with E-state index in [2.05, 4.69) is 9.88 Å². The summed E-state index contributed by atoms with van der Waals surface area (Å²) < 4.78 is 37.9. The van der Waals surface area contributed by atoms with Crippen molar-refractivity contribution < 1.29 is 28.2 Å². The van der Waals surface area contributed by atoms with Gasteiger partial charge in [-0.15, -0.1) is 0 Å². The number of aromatic nitrogens is 1. The Hall–Kier alpha value is -2.28. The number of rotatable bonds is 3. The number of benzene rings is 1. The van der Waals surface area contributed by atoms with Gasteiger partial charge in [-0.25, -0.2) is 4.98 Å². The Bertz CT molecular complexity index is 767. The van der Waals surface area contributed by atoms with Crippen molar-refractivity contribution in [3.8, 4) is 5.75 Å². The fourth-order valence-corrected chi connectivity index (χ4v) is 3.30. The second kappa shape index (κ2) is 7.15. The monoisotopic (exact) mass is 367 g/mol. The number of aromatic amines is 1. The van der Waals surface area contributed by atoms with Gasteiger partial charge in [0.05, 0.1) is 5.56 Å². The van der Waals surface area contributed by atoms with E-state index in [0.29, 0.717) is 11.6 Å². The number of hydrogen-bond acceptors (Lipinski definition) is 2. The van der Waals surface area contributed by atoms with Gasteiger partial charge in [-0.1, -0.05) is 0 Å². The highest BCUT2D eigenvalue weighted by Gasteiger charge is 2.33. The molecule has 0 atom stereocenters. The Morgan fingerprint density at radius 2 is 1.77 bits per heavy atom. The quantitative estimate of drug-likeness (QED) is 0.868. The Morgan fingerprint density at radius 3 is 2.35 bits per heavy atom. The average molecular weight is 367 g/mol. The third-order valence-corrected chi connectivity index (χ3v) is 5.07. The van der Waals surface area contributed by atoms with Crippen molar-refractivity contribution in [3.63, 3.8) is 0 Å². The molecule has 1 aromatic heterocycles. The molecule has 0 radical (unpaired) electrons. The summed E-state index contributed by atoms with van der Waals surface area (Å²) in [4.78, 5) is 6.17. The molecule has 3 N–H and O–H groups in total. The minimum absolute atomic E-state index is 0.333. The van der Waals surface area contributed by atoms with E-state index in [1.54, 1.807) is 6.07 Å². The fourth-order valence-electron chi connectivity index (χ4n) is 3.30. The third kappa shape index (κ3) is 4.09. The van der Waals surface area contributed by atoms with Crippen LogP contribution in [-0.4, -0.2) is 31.3 Å². The molecule has 1 aliphatic rings. The van der Waals surface area contributed by atoms with Crippen molar-refractivity contribution in [2.24, 2.45) is 0 Å². The van der Waals surface area contributed by atoms with E-state index < -0.39 is 11.7 Å². The molecule has 1 aromatic carbocycles. The summed E-state index contributed by atoms with van der Waals surface area (Å²) in [6.45, 7) is 7.99. The van der Waals surface area contributed by atoms with E-state index in [4.69, 9.17) is 0 Å². The predicted molar refractivity (Wildman–Crippen MR) is 92.2 cm³/mol. The summed E-state index contributed by atoms with van der Waals surface area (Å²) in [7, 11) is 0. The lowest BCUT2D eigenvalue weighted by molar-refractivity contribution is -0.914. The maximum atomic E-state index is 12.6. The smallest absolute Gasteiger partial charge is 0.419 e. The van der Waals surface area contributed by atoms with E-state index in [1.165, 1.54) is 11.0 Å². The Morgan fingerprint density at radius 1 is 1.12 bits per heavy atom. The number of phenolic OH excluding ortho intramolecular Hbond substituents is 1. The average Bonchev–Trinajstić information content (AvgIpc) is 2.60. The molecule has 0 saturated carbocycles. The van der Waals surface area contributed by atoms with Gasteiger partial charge in [0.15, 0.2) is 0 Å². The van der Waals surface area contributed by atoms with E-state index >= 15 is 0 Å². The highest BCUT2D eigenvalue weighted by atomic mass is 19.4. The maximum Gasteiger partial charge on any atom is 0.419 e. The minimum atomic E-state index is -4.33. The lowest BCUT2D eigenvalue weighted by atomic mass is 10.0. The van der Waals surface area contributed by atoms with Crippen LogP contribution in [0.1, 0.15) is 22.3 Å². The summed E-state index contributed by atoms with van der Waals surface area (Å²) in [5.41, 5.74) is 2.51. The molecule has 0 bridgehead atoms. The molecule has 0 unspecified atom stereocenters. The van der Waals surface area contributed by atoms with E-state index in [1.807, 2.05) is 19.9 Å². The van der Waals surface area contributed by atoms with Gasteiger partial charge in [-0.05, 0) is 43.2 Å². The molecule has 1 fully saturated rings.